The van der Waals surface area contributed by atoms with Gasteiger partial charge in [0.25, 0.3) is 5.22 Å². The van der Waals surface area contributed by atoms with Crippen molar-refractivity contribution in [2.75, 3.05) is 26.5 Å². The number of aromatic nitrogens is 5. The summed E-state index contributed by atoms with van der Waals surface area (Å²) in [4.78, 5) is 10.9. The van der Waals surface area contributed by atoms with Crippen molar-refractivity contribution in [3.8, 4) is 11.5 Å². The van der Waals surface area contributed by atoms with Gasteiger partial charge in [-0.05, 0) is 43.7 Å². The number of benzene rings is 1. The van der Waals surface area contributed by atoms with Gasteiger partial charge in [0.05, 0.1) is 31.6 Å². The van der Waals surface area contributed by atoms with Gasteiger partial charge in [0.15, 0.2) is 0 Å². The van der Waals surface area contributed by atoms with Crippen molar-refractivity contribution in [3.05, 3.63) is 41.7 Å². The molecule has 10 nitrogen and oxygen atoms in total. The van der Waals surface area contributed by atoms with Gasteiger partial charge in [0.1, 0.15) is 5.69 Å². The molecule has 1 amide bonds. The molecule has 0 fully saturated rings. The summed E-state index contributed by atoms with van der Waals surface area (Å²) in [6, 6.07) is 8.24. The first-order chi connectivity index (χ1) is 16.2. The number of aliphatic hydroxyl groups is 1. The van der Waals surface area contributed by atoms with Gasteiger partial charge in [-0.25, -0.2) is 4.68 Å². The highest BCUT2D eigenvalue weighted by Gasteiger charge is 2.20. The van der Waals surface area contributed by atoms with Crippen LogP contribution < -0.4 is 5.32 Å². The normalized spacial score (nSPS) is 11.3. The maximum Gasteiger partial charge on any atom is 0.276 e. The van der Waals surface area contributed by atoms with E-state index in [9.17, 15) is 9.90 Å². The van der Waals surface area contributed by atoms with E-state index in [1.54, 1.807) is 17.9 Å². The molecule has 186 valence electrons. The number of aliphatic hydroxyl groups excluding tert-OH is 1. The van der Waals surface area contributed by atoms with Crippen LogP contribution >= 0.6 is 11.8 Å². The highest BCUT2D eigenvalue weighted by Crippen LogP contribution is 2.23. The summed E-state index contributed by atoms with van der Waals surface area (Å²) in [5.74, 6) is 1.07. The Morgan fingerprint density at radius 1 is 1.24 bits per heavy atom. The Bertz CT molecular complexity index is 1020. The molecule has 0 bridgehead atoms. The highest BCUT2D eigenvalue weighted by atomic mass is 32.2. The van der Waals surface area contributed by atoms with Crippen molar-refractivity contribution in [1.82, 2.24) is 30.5 Å². The zero-order chi connectivity index (χ0) is 25.1. The molecule has 0 aliphatic heterocycles. The molecular weight excluding hydrogens is 456 g/mol. The maximum absolute atomic E-state index is 10.9. The Kier molecular flexibility index (Phi) is 10.7. The summed E-state index contributed by atoms with van der Waals surface area (Å²) < 4.78 is 12.4. The number of rotatable bonds is 10. The lowest BCUT2D eigenvalue weighted by atomic mass is 10.0. The largest absolute Gasteiger partial charge is 0.411 e. The number of carbonyl (C=O) groups excluding carboxylic acids is 1. The number of amides is 1. The van der Waals surface area contributed by atoms with Gasteiger partial charge < -0.3 is 19.6 Å². The molecule has 0 unspecified atom stereocenters. The molecule has 2 N–H and O–H groups in total. The monoisotopic (exact) mass is 490 g/mol. The molecule has 3 rings (SSSR count). The third kappa shape index (κ3) is 8.23. The lowest BCUT2D eigenvalue weighted by Crippen LogP contribution is -2.30. The van der Waals surface area contributed by atoms with Crippen LogP contribution in [0.2, 0.25) is 0 Å². The molecular formula is C23H34N6O4S. The second kappa shape index (κ2) is 13.2. The fraction of sp³-hybridized carbons (Fsp3) is 0.522. The van der Waals surface area contributed by atoms with E-state index in [4.69, 9.17) is 9.15 Å². The van der Waals surface area contributed by atoms with Crippen molar-refractivity contribution in [2.24, 2.45) is 0 Å². The van der Waals surface area contributed by atoms with Crippen LogP contribution in [-0.4, -0.2) is 62.7 Å². The van der Waals surface area contributed by atoms with Gasteiger partial charge in [-0.3, -0.25) is 4.79 Å². The number of nitrogens with one attached hydrogen (secondary N) is 1. The van der Waals surface area contributed by atoms with Crippen molar-refractivity contribution in [1.29, 1.82) is 0 Å². The van der Waals surface area contributed by atoms with Crippen molar-refractivity contribution < 1.29 is 19.1 Å². The molecule has 0 spiro atoms. The second-order valence-corrected chi connectivity index (χ2v) is 9.21. The minimum atomic E-state index is -0.479. The lowest BCUT2D eigenvalue weighted by Gasteiger charge is -2.20. The Morgan fingerprint density at radius 2 is 1.94 bits per heavy atom. The topological polar surface area (TPSA) is 128 Å². The summed E-state index contributed by atoms with van der Waals surface area (Å²) in [6.45, 7) is 8.69. The Morgan fingerprint density at radius 3 is 2.50 bits per heavy atom. The van der Waals surface area contributed by atoms with E-state index >= 15 is 0 Å². The first-order valence-corrected chi connectivity index (χ1v) is 12.2. The maximum atomic E-state index is 10.9. The number of carbonyl (C=O) groups is 1. The van der Waals surface area contributed by atoms with Crippen LogP contribution in [0.25, 0.3) is 11.5 Å². The number of ether oxygens (including phenoxy) is 1. The van der Waals surface area contributed by atoms with E-state index in [1.165, 1.54) is 17.3 Å². The second-order valence-electron chi connectivity index (χ2n) is 8.45. The first-order valence-electron chi connectivity index (χ1n) is 11.0. The SMILES string of the molecule is CNC(=O)CCOCc1cn(C(C)(C)CO)nn1.CSc1nnc(-c2ccc(C(C)C)cc2)o1. The smallest absolute Gasteiger partial charge is 0.276 e. The molecule has 0 atom stereocenters. The van der Waals surface area contributed by atoms with E-state index in [-0.39, 0.29) is 12.5 Å². The van der Waals surface area contributed by atoms with Gasteiger partial charge >= 0.3 is 0 Å². The summed E-state index contributed by atoms with van der Waals surface area (Å²) in [6.07, 6.45) is 3.97. The molecule has 1 aromatic carbocycles. The lowest BCUT2D eigenvalue weighted by molar-refractivity contribution is -0.121. The molecule has 3 aromatic rings. The van der Waals surface area contributed by atoms with Crippen LogP contribution in [0, 0.1) is 0 Å². The number of thioether (sulfide) groups is 1. The van der Waals surface area contributed by atoms with Crippen LogP contribution in [0.1, 0.15) is 51.3 Å². The zero-order valence-electron chi connectivity index (χ0n) is 20.6. The van der Waals surface area contributed by atoms with Crippen LogP contribution in [0.3, 0.4) is 0 Å². The number of nitrogens with zero attached hydrogens (tertiary/aromatic N) is 5. The van der Waals surface area contributed by atoms with E-state index < -0.39 is 5.54 Å². The van der Waals surface area contributed by atoms with Crippen LogP contribution in [0.4, 0.5) is 0 Å². The van der Waals surface area contributed by atoms with E-state index in [0.717, 1.165) is 5.56 Å². The van der Waals surface area contributed by atoms with Crippen molar-refractivity contribution in [3.63, 3.8) is 0 Å². The third-order valence-corrected chi connectivity index (χ3v) is 5.47. The number of hydrogen-bond donors (Lipinski definition) is 2. The van der Waals surface area contributed by atoms with Gasteiger partial charge in [-0.15, -0.1) is 15.3 Å². The fourth-order valence-corrected chi connectivity index (χ4v) is 2.90. The molecule has 0 saturated heterocycles. The quantitative estimate of drug-likeness (QED) is 0.325. The Hall–Kier alpha value is -2.76. The van der Waals surface area contributed by atoms with Gasteiger partial charge in [0.2, 0.25) is 11.8 Å². The average molecular weight is 491 g/mol. The Labute approximate surface area is 204 Å². The molecule has 2 aromatic heterocycles. The molecule has 11 heteroatoms. The van der Waals surface area contributed by atoms with Crippen LogP contribution in [0.15, 0.2) is 40.1 Å². The minimum absolute atomic E-state index is 0.0205. The van der Waals surface area contributed by atoms with Gasteiger partial charge in [0, 0.05) is 19.0 Å². The third-order valence-electron chi connectivity index (χ3n) is 4.96. The molecule has 0 aliphatic carbocycles. The number of hydrogen-bond acceptors (Lipinski definition) is 9. The van der Waals surface area contributed by atoms with Gasteiger partial charge in [-0.2, -0.15) is 0 Å². The summed E-state index contributed by atoms with van der Waals surface area (Å²) in [5, 5.41) is 28.1. The molecule has 34 heavy (non-hydrogen) atoms. The van der Waals surface area contributed by atoms with Crippen LogP contribution in [-0.2, 0) is 21.7 Å². The van der Waals surface area contributed by atoms with E-state index in [1.807, 2.05) is 32.2 Å². The van der Waals surface area contributed by atoms with Crippen LogP contribution in [0.5, 0.6) is 0 Å². The molecule has 0 saturated carbocycles. The van der Waals surface area contributed by atoms with E-state index in [0.29, 0.717) is 42.4 Å². The first kappa shape index (κ1) is 27.5. The predicted octanol–water partition coefficient (Wildman–Crippen LogP) is 3.24. The summed E-state index contributed by atoms with van der Waals surface area (Å²) in [7, 11) is 1.59. The zero-order valence-corrected chi connectivity index (χ0v) is 21.4. The standard InChI is InChI=1S/C12H14N2OS.C11H20N4O3/c1-8(2)9-4-6-10(7-5-9)11-13-14-12(15-11)16-3;1-11(2,8-16)15-6-9(13-14-15)7-18-5-4-10(17)12-3/h4-8H,1-3H3;6,16H,4-5,7-8H2,1-3H3,(H,12,17). The molecule has 0 radical (unpaired) electrons. The average Bonchev–Trinajstić information content (AvgIpc) is 3.52. The summed E-state index contributed by atoms with van der Waals surface area (Å²) in [5.41, 5.74) is 2.48. The summed E-state index contributed by atoms with van der Waals surface area (Å²) >= 11 is 1.45. The predicted molar refractivity (Wildman–Crippen MR) is 130 cm³/mol. The molecule has 0 aliphatic rings. The van der Waals surface area contributed by atoms with Gasteiger partial charge in [-0.1, -0.05) is 43.0 Å². The van der Waals surface area contributed by atoms with Crippen molar-refractivity contribution >= 4 is 17.7 Å². The minimum Gasteiger partial charge on any atom is -0.411 e. The molecule has 2 heterocycles. The van der Waals surface area contributed by atoms with E-state index in [2.05, 4.69) is 51.8 Å². The Balaban J connectivity index is 0.000000241. The highest BCUT2D eigenvalue weighted by molar-refractivity contribution is 7.98. The fourth-order valence-electron chi connectivity index (χ4n) is 2.62. The van der Waals surface area contributed by atoms with Crippen molar-refractivity contribution in [2.45, 2.75) is 57.4 Å².